The van der Waals surface area contributed by atoms with E-state index in [9.17, 15) is 60.7 Å². The molecule has 0 spiro atoms. The Morgan fingerprint density at radius 3 is 1.97 bits per heavy atom. The fourth-order valence-electron chi connectivity index (χ4n) is 8.34. The molecule has 0 saturated carbocycles. The number of esters is 1. The van der Waals surface area contributed by atoms with Gasteiger partial charge in [-0.2, -0.15) is 0 Å². The van der Waals surface area contributed by atoms with Gasteiger partial charge < -0.3 is 75.7 Å². The van der Waals surface area contributed by atoms with E-state index in [0.717, 1.165) is 12.8 Å². The Morgan fingerprint density at radius 1 is 0.692 bits per heavy atom. The zero-order valence-electron chi connectivity index (χ0n) is 38.4. The fraction of sp³-hybridized carbons (Fsp3) is 0.708. The molecule has 17 nitrogen and oxygen atoms in total. The van der Waals surface area contributed by atoms with Crippen molar-refractivity contribution in [2.24, 2.45) is 29.4 Å². The van der Waals surface area contributed by atoms with Crippen LogP contribution >= 0.6 is 0 Å². The number of carbonyl (C=O) groups is 2. The van der Waals surface area contributed by atoms with Crippen molar-refractivity contribution in [3.8, 4) is 0 Å². The van der Waals surface area contributed by atoms with Gasteiger partial charge in [0.2, 0.25) is 0 Å². The number of carboxylic acid groups (broad SMARTS) is 1. The van der Waals surface area contributed by atoms with Crippen molar-refractivity contribution in [1.82, 2.24) is 0 Å². The van der Waals surface area contributed by atoms with Crippen molar-refractivity contribution in [3.63, 3.8) is 0 Å². The molecule has 3 rings (SSSR count). The predicted octanol–water partition coefficient (Wildman–Crippen LogP) is 2.21. The predicted molar refractivity (Wildman–Crippen MR) is 240 cm³/mol. The summed E-state index contributed by atoms with van der Waals surface area (Å²) < 4.78 is 23.4. The molecule has 19 atom stereocenters. The number of fused-ring (bicyclic) bond motifs is 2. The summed E-state index contributed by atoms with van der Waals surface area (Å²) in [6.07, 6.45) is 4.72. The number of rotatable bonds is 3. The maximum absolute atomic E-state index is 12.7. The van der Waals surface area contributed by atoms with Gasteiger partial charge in [-0.15, -0.1) is 0 Å². The molecule has 0 aliphatic carbocycles. The van der Waals surface area contributed by atoms with E-state index in [0.29, 0.717) is 0 Å². The number of hydrogen-bond donors (Lipinski definition) is 11. The number of hydrogen-bond acceptors (Lipinski definition) is 16. The first-order chi connectivity index (χ1) is 30.6. The van der Waals surface area contributed by atoms with Gasteiger partial charge in [0, 0.05) is 25.7 Å². The minimum absolute atomic E-state index is 0.00582. The lowest BCUT2D eigenvalue weighted by Gasteiger charge is -2.45. The fourth-order valence-corrected chi connectivity index (χ4v) is 8.34. The van der Waals surface area contributed by atoms with E-state index in [1.807, 2.05) is 44.2 Å². The Kier molecular flexibility index (Phi) is 23.9. The molecule has 2 fully saturated rings. The summed E-state index contributed by atoms with van der Waals surface area (Å²) in [6, 6.07) is -1.14. The molecule has 17 heteroatoms. The summed E-state index contributed by atoms with van der Waals surface area (Å²) in [5.41, 5.74) is 6.03. The molecular weight excluding hydrogens is 847 g/mol. The number of carboxylic acids is 1. The second kappa shape index (κ2) is 27.6. The van der Waals surface area contributed by atoms with Crippen LogP contribution in [0, 0.1) is 23.7 Å². The van der Waals surface area contributed by atoms with E-state index in [4.69, 9.17) is 24.7 Å². The standard InChI is InChI=1S/C48H77NO16/c1-28-18-16-14-12-10-8-6-7-9-11-13-15-17-19-36(64-47-45(58)43(49)44(57)32(5)63-47)25-40-42(46(59)60)39(55)27-48(61,65-40)26-35(52)23-38(54)37(53)21-20-33(50)22-34(51)24-41(56)62-31(4)30(3)29(28)2/h6-7,9,11-19,28-40,42-45,47,50-55,57-58,61H,8,10,20-27,49H2,1-5H3,(H,59,60)/b7-6+,11-9+,14-12-,15-13+,18-16+,19-17+/t28-,29+,30+,31-,32+,33+,34+,35-,36?,37+,38+,39-,40-,42?,43-,44?,45-,47-,48+/m0/s1. The van der Waals surface area contributed by atoms with Gasteiger partial charge in [-0.1, -0.05) is 93.7 Å². The number of carbonyl (C=O) groups excluding carboxylic acids is 1. The van der Waals surface area contributed by atoms with Crippen LogP contribution in [0.2, 0.25) is 0 Å². The molecule has 0 aromatic rings. The summed E-state index contributed by atoms with van der Waals surface area (Å²) in [5, 5.41) is 107. The Labute approximate surface area is 383 Å². The zero-order chi connectivity index (χ0) is 48.4. The number of allylic oxidation sites excluding steroid dienone is 11. The van der Waals surface area contributed by atoms with E-state index < -0.39 is 128 Å². The van der Waals surface area contributed by atoms with Gasteiger partial charge in [-0.25, -0.2) is 0 Å². The Balaban J connectivity index is 1.84. The van der Waals surface area contributed by atoms with Crippen LogP contribution in [0.5, 0.6) is 0 Å². The Morgan fingerprint density at radius 2 is 1.31 bits per heavy atom. The third-order valence-electron chi connectivity index (χ3n) is 12.8. The molecule has 12 N–H and O–H groups in total. The first-order valence-corrected chi connectivity index (χ1v) is 23.0. The average Bonchev–Trinajstić information content (AvgIpc) is 3.21. The zero-order valence-corrected chi connectivity index (χ0v) is 38.4. The molecule has 0 amide bonds. The van der Waals surface area contributed by atoms with Gasteiger partial charge in [-0.05, 0) is 63.7 Å². The van der Waals surface area contributed by atoms with Gasteiger partial charge in [-0.3, -0.25) is 9.59 Å². The van der Waals surface area contributed by atoms with Crippen LogP contribution < -0.4 is 5.73 Å². The molecule has 3 aliphatic rings. The van der Waals surface area contributed by atoms with E-state index in [2.05, 4.69) is 26.0 Å². The maximum atomic E-state index is 12.7. The minimum Gasteiger partial charge on any atom is -0.481 e. The van der Waals surface area contributed by atoms with Crippen LogP contribution in [0.15, 0.2) is 72.9 Å². The molecule has 2 saturated heterocycles. The van der Waals surface area contributed by atoms with E-state index in [1.165, 1.54) is 6.08 Å². The van der Waals surface area contributed by atoms with Crippen LogP contribution in [0.25, 0.3) is 0 Å². The molecule has 65 heavy (non-hydrogen) atoms. The van der Waals surface area contributed by atoms with E-state index in [1.54, 1.807) is 31.2 Å². The third kappa shape index (κ3) is 18.8. The lowest BCUT2D eigenvalue weighted by molar-refractivity contribution is -0.308. The summed E-state index contributed by atoms with van der Waals surface area (Å²) in [7, 11) is 0. The van der Waals surface area contributed by atoms with Crippen molar-refractivity contribution in [2.75, 3.05) is 0 Å². The van der Waals surface area contributed by atoms with Crippen LogP contribution in [-0.2, 0) is 28.5 Å². The van der Waals surface area contributed by atoms with Crippen LogP contribution in [0.4, 0.5) is 0 Å². The molecular formula is C48H77NO16. The van der Waals surface area contributed by atoms with Crippen molar-refractivity contribution in [2.45, 2.75) is 190 Å². The Hall–Kier alpha value is -3.14. The quantitative estimate of drug-likeness (QED) is 0.181. The van der Waals surface area contributed by atoms with Gasteiger partial charge in [0.05, 0.1) is 73.5 Å². The third-order valence-corrected chi connectivity index (χ3v) is 12.8. The van der Waals surface area contributed by atoms with Gasteiger partial charge in [0.15, 0.2) is 12.1 Å². The van der Waals surface area contributed by atoms with Crippen LogP contribution in [0.3, 0.4) is 0 Å². The summed E-state index contributed by atoms with van der Waals surface area (Å²) in [5.74, 6) is -5.57. The maximum Gasteiger partial charge on any atom is 0.311 e. The minimum atomic E-state index is -2.31. The van der Waals surface area contributed by atoms with Crippen molar-refractivity contribution < 1.29 is 79.6 Å². The topological polar surface area (TPSA) is 299 Å². The van der Waals surface area contributed by atoms with Crippen molar-refractivity contribution >= 4 is 11.9 Å². The smallest absolute Gasteiger partial charge is 0.311 e. The number of aliphatic carboxylic acids is 1. The highest BCUT2D eigenvalue weighted by Crippen LogP contribution is 2.38. The molecule has 0 aromatic carbocycles. The molecule has 3 heterocycles. The largest absolute Gasteiger partial charge is 0.481 e. The number of aliphatic hydroxyl groups excluding tert-OH is 8. The van der Waals surface area contributed by atoms with E-state index >= 15 is 0 Å². The SMILES string of the molecule is C[C@@H]1[C@H](C)[C@@H](C)/C=C/C=C\CC/C=C/C=C/C=C/C=C/C(O[C@@H]2O[C@H](C)C(O)[C@H](N)[C@@H]2O)C[C@@H]2O[C@](O)(C[C@@H](O)C[C@@H](O)[C@H](O)CC[C@@H](O)C[C@@H](O)CC(=O)O[C@H]1C)C[C@H](O)C2C(=O)O. The summed E-state index contributed by atoms with van der Waals surface area (Å²) >= 11 is 0. The second-order valence-electron chi connectivity index (χ2n) is 18.2. The van der Waals surface area contributed by atoms with Crippen LogP contribution in [0.1, 0.15) is 98.8 Å². The molecule has 3 aliphatic heterocycles. The molecule has 2 bridgehead atoms. The number of nitrogens with two attached hydrogens (primary N) is 1. The summed E-state index contributed by atoms with van der Waals surface area (Å²) in [6.45, 7) is 9.54. The number of cyclic esters (lactones) is 1. The first-order valence-electron chi connectivity index (χ1n) is 23.0. The van der Waals surface area contributed by atoms with Crippen molar-refractivity contribution in [1.29, 1.82) is 0 Å². The lowest BCUT2D eigenvalue weighted by Crippen LogP contribution is -2.61. The van der Waals surface area contributed by atoms with E-state index in [-0.39, 0.29) is 49.9 Å². The lowest BCUT2D eigenvalue weighted by atomic mass is 9.82. The number of ether oxygens (including phenoxy) is 4. The molecule has 0 radical (unpaired) electrons. The normalized spacial score (nSPS) is 45.2. The Bertz CT molecular complexity index is 1620. The first kappa shape index (κ1) is 56.2. The van der Waals surface area contributed by atoms with Gasteiger partial charge in [0.25, 0.3) is 0 Å². The second-order valence-corrected chi connectivity index (χ2v) is 18.2. The molecule has 3 unspecified atom stereocenters. The molecule has 370 valence electrons. The average molecular weight is 924 g/mol. The van der Waals surface area contributed by atoms with Gasteiger partial charge in [0.1, 0.15) is 18.1 Å². The van der Waals surface area contributed by atoms with Gasteiger partial charge >= 0.3 is 11.9 Å². The van der Waals surface area contributed by atoms with Crippen molar-refractivity contribution in [3.05, 3.63) is 72.9 Å². The highest BCUT2D eigenvalue weighted by Gasteiger charge is 2.51. The summed E-state index contributed by atoms with van der Waals surface area (Å²) in [4.78, 5) is 25.2. The molecule has 0 aromatic heterocycles. The highest BCUT2D eigenvalue weighted by atomic mass is 16.7. The highest BCUT2D eigenvalue weighted by molar-refractivity contribution is 5.71. The van der Waals surface area contributed by atoms with Crippen LogP contribution in [-0.4, -0.2) is 154 Å². The number of aliphatic hydroxyl groups is 9. The monoisotopic (exact) mass is 924 g/mol.